The van der Waals surface area contributed by atoms with Crippen molar-refractivity contribution >= 4 is 5.97 Å². The van der Waals surface area contributed by atoms with Gasteiger partial charge in [-0.2, -0.15) is 0 Å². The molecule has 0 aliphatic rings. The summed E-state index contributed by atoms with van der Waals surface area (Å²) in [6.45, 7) is 2.80. The average molecular weight is 298 g/mol. The maximum absolute atomic E-state index is 11.0. The van der Waals surface area contributed by atoms with E-state index in [4.69, 9.17) is 24.1 Å². The zero-order chi connectivity index (χ0) is 15.5. The van der Waals surface area contributed by atoms with E-state index in [9.17, 15) is 4.79 Å². The lowest BCUT2D eigenvalue weighted by molar-refractivity contribution is 0.0483. The number of methoxy groups -OCH3 is 2. The van der Waals surface area contributed by atoms with Crippen molar-refractivity contribution in [1.82, 2.24) is 0 Å². The molecule has 0 atom stereocenters. The lowest BCUT2D eigenvalue weighted by Gasteiger charge is -2.09. The zero-order valence-corrected chi connectivity index (χ0v) is 12.5. The summed E-state index contributed by atoms with van der Waals surface area (Å²) in [4.78, 5) is 11.0. The van der Waals surface area contributed by atoms with Crippen LogP contribution in [0, 0.1) is 0 Å². The van der Waals surface area contributed by atoms with Gasteiger partial charge in [0.25, 0.3) is 0 Å². The second-order valence-corrected chi connectivity index (χ2v) is 4.35. The normalized spacial score (nSPS) is 10.6. The Morgan fingerprint density at radius 2 is 1.86 bits per heavy atom. The molecule has 1 aromatic rings. The number of rotatable bonds is 11. The van der Waals surface area contributed by atoms with Crippen molar-refractivity contribution in [2.75, 3.05) is 40.6 Å². The molecule has 0 heterocycles. The highest BCUT2D eigenvalue weighted by Gasteiger charge is 2.11. The van der Waals surface area contributed by atoms with Crippen LogP contribution in [0.5, 0.6) is 5.75 Å². The highest BCUT2D eigenvalue weighted by molar-refractivity contribution is 5.90. The van der Waals surface area contributed by atoms with Gasteiger partial charge in [-0.15, -0.1) is 0 Å². The van der Waals surface area contributed by atoms with Crippen LogP contribution in [0.1, 0.15) is 22.3 Å². The van der Waals surface area contributed by atoms with Crippen molar-refractivity contribution in [3.63, 3.8) is 0 Å². The molecular formula is C15H22O6. The number of aromatic carboxylic acids is 1. The molecule has 0 unspecified atom stereocenters. The first kappa shape index (κ1) is 17.4. The summed E-state index contributed by atoms with van der Waals surface area (Å²) in [7, 11) is 3.08. The number of carboxylic acid groups (broad SMARTS) is 1. The SMILES string of the molecule is COCCOCCCOCc1ccc(C(=O)O)c(OC)c1. The monoisotopic (exact) mass is 298 g/mol. The van der Waals surface area contributed by atoms with E-state index in [1.807, 2.05) is 0 Å². The molecule has 1 rings (SSSR count). The third-order valence-electron chi connectivity index (χ3n) is 2.77. The molecule has 0 saturated heterocycles. The minimum Gasteiger partial charge on any atom is -0.496 e. The first-order valence-electron chi connectivity index (χ1n) is 6.73. The fourth-order valence-electron chi connectivity index (χ4n) is 1.70. The highest BCUT2D eigenvalue weighted by atomic mass is 16.5. The summed E-state index contributed by atoms with van der Waals surface area (Å²) in [5.41, 5.74) is 1.02. The van der Waals surface area contributed by atoms with Gasteiger partial charge in [0.1, 0.15) is 11.3 Å². The molecular weight excluding hydrogens is 276 g/mol. The first-order chi connectivity index (χ1) is 10.2. The predicted octanol–water partition coefficient (Wildman–Crippen LogP) is 1.96. The van der Waals surface area contributed by atoms with Crippen LogP contribution >= 0.6 is 0 Å². The number of ether oxygens (including phenoxy) is 4. The van der Waals surface area contributed by atoms with Crippen LogP contribution < -0.4 is 4.74 Å². The number of carboxylic acids is 1. The van der Waals surface area contributed by atoms with E-state index in [2.05, 4.69) is 0 Å². The third kappa shape index (κ3) is 6.57. The Morgan fingerprint density at radius 1 is 1.10 bits per heavy atom. The summed E-state index contributed by atoms with van der Waals surface area (Å²) < 4.78 is 20.8. The van der Waals surface area contributed by atoms with Crippen LogP contribution in [0.4, 0.5) is 0 Å². The third-order valence-corrected chi connectivity index (χ3v) is 2.77. The molecule has 0 fully saturated rings. The molecule has 0 spiro atoms. The molecule has 0 radical (unpaired) electrons. The van der Waals surface area contributed by atoms with Gasteiger partial charge in [0.05, 0.1) is 26.9 Å². The van der Waals surface area contributed by atoms with Crippen molar-refractivity contribution in [3.05, 3.63) is 29.3 Å². The molecule has 0 bridgehead atoms. The molecule has 6 heteroatoms. The minimum atomic E-state index is -1.01. The number of hydrogen-bond acceptors (Lipinski definition) is 5. The molecule has 118 valence electrons. The molecule has 0 saturated carbocycles. The lowest BCUT2D eigenvalue weighted by atomic mass is 10.1. The second kappa shape index (κ2) is 10.1. The van der Waals surface area contributed by atoms with Gasteiger partial charge < -0.3 is 24.1 Å². The number of hydrogen-bond donors (Lipinski definition) is 1. The summed E-state index contributed by atoms with van der Waals surface area (Å²) >= 11 is 0. The molecule has 0 aliphatic carbocycles. The van der Waals surface area contributed by atoms with Crippen molar-refractivity contribution in [2.24, 2.45) is 0 Å². The van der Waals surface area contributed by atoms with Crippen molar-refractivity contribution in [1.29, 1.82) is 0 Å². The van der Waals surface area contributed by atoms with E-state index in [0.717, 1.165) is 12.0 Å². The summed E-state index contributed by atoms with van der Waals surface area (Å²) in [5, 5.41) is 8.99. The Morgan fingerprint density at radius 3 is 2.52 bits per heavy atom. The van der Waals surface area contributed by atoms with E-state index >= 15 is 0 Å². The van der Waals surface area contributed by atoms with Crippen molar-refractivity contribution in [2.45, 2.75) is 13.0 Å². The number of carbonyl (C=O) groups is 1. The van der Waals surface area contributed by atoms with Crippen LogP contribution in [-0.4, -0.2) is 51.7 Å². The maximum Gasteiger partial charge on any atom is 0.339 e. The quantitative estimate of drug-likeness (QED) is 0.630. The standard InChI is InChI=1S/C15H22O6/c1-18-8-9-20-6-3-7-21-11-12-4-5-13(15(16)17)14(10-12)19-2/h4-5,10H,3,6-9,11H2,1-2H3,(H,16,17). The summed E-state index contributed by atoms with van der Waals surface area (Å²) in [6.07, 6.45) is 0.800. The molecule has 1 N–H and O–H groups in total. The highest BCUT2D eigenvalue weighted by Crippen LogP contribution is 2.20. The van der Waals surface area contributed by atoms with E-state index in [1.54, 1.807) is 19.2 Å². The molecule has 0 amide bonds. The van der Waals surface area contributed by atoms with E-state index < -0.39 is 5.97 Å². The smallest absolute Gasteiger partial charge is 0.339 e. The van der Waals surface area contributed by atoms with Crippen LogP contribution in [0.15, 0.2) is 18.2 Å². The fourth-order valence-corrected chi connectivity index (χ4v) is 1.70. The minimum absolute atomic E-state index is 0.146. The zero-order valence-electron chi connectivity index (χ0n) is 12.5. The van der Waals surface area contributed by atoms with E-state index in [0.29, 0.717) is 38.8 Å². The topological polar surface area (TPSA) is 74.2 Å². The Balaban J connectivity index is 2.28. The lowest BCUT2D eigenvalue weighted by Crippen LogP contribution is -2.06. The first-order valence-corrected chi connectivity index (χ1v) is 6.73. The van der Waals surface area contributed by atoms with E-state index in [-0.39, 0.29) is 5.56 Å². The van der Waals surface area contributed by atoms with Crippen LogP contribution in [-0.2, 0) is 20.8 Å². The number of benzene rings is 1. The molecule has 1 aromatic carbocycles. The molecule has 0 aromatic heterocycles. The Labute approximate surface area is 124 Å². The van der Waals surface area contributed by atoms with Gasteiger partial charge in [0, 0.05) is 20.3 Å². The Kier molecular flexibility index (Phi) is 8.42. The molecule has 21 heavy (non-hydrogen) atoms. The fraction of sp³-hybridized carbons (Fsp3) is 0.533. The van der Waals surface area contributed by atoms with E-state index in [1.165, 1.54) is 13.2 Å². The van der Waals surface area contributed by atoms with Crippen LogP contribution in [0.2, 0.25) is 0 Å². The van der Waals surface area contributed by atoms with Gasteiger partial charge in [-0.05, 0) is 24.1 Å². The van der Waals surface area contributed by atoms with Crippen molar-refractivity contribution in [3.8, 4) is 5.75 Å². The van der Waals surface area contributed by atoms with Crippen LogP contribution in [0.25, 0.3) is 0 Å². The molecule has 0 aliphatic heterocycles. The summed E-state index contributed by atoms with van der Waals surface area (Å²) in [5.74, 6) is -0.668. The second-order valence-electron chi connectivity index (χ2n) is 4.35. The van der Waals surface area contributed by atoms with Gasteiger partial charge >= 0.3 is 5.97 Å². The van der Waals surface area contributed by atoms with Gasteiger partial charge in [-0.3, -0.25) is 0 Å². The van der Waals surface area contributed by atoms with Gasteiger partial charge in [0.2, 0.25) is 0 Å². The average Bonchev–Trinajstić information content (AvgIpc) is 2.49. The summed E-state index contributed by atoms with van der Waals surface area (Å²) in [6, 6.07) is 4.92. The van der Waals surface area contributed by atoms with Gasteiger partial charge in [0.15, 0.2) is 0 Å². The molecule has 6 nitrogen and oxygen atoms in total. The predicted molar refractivity (Wildman–Crippen MR) is 76.9 cm³/mol. The van der Waals surface area contributed by atoms with Crippen LogP contribution in [0.3, 0.4) is 0 Å². The Hall–Kier alpha value is -1.63. The Bertz CT molecular complexity index is 432. The maximum atomic E-state index is 11.0. The van der Waals surface area contributed by atoms with Gasteiger partial charge in [-0.1, -0.05) is 6.07 Å². The largest absolute Gasteiger partial charge is 0.496 e. The van der Waals surface area contributed by atoms with Crippen molar-refractivity contribution < 1.29 is 28.8 Å². The van der Waals surface area contributed by atoms with Gasteiger partial charge in [-0.25, -0.2) is 4.79 Å².